The number of aliphatic carboxylic acids is 1. The number of nitrogens with zero attached hydrogens (tertiary/aromatic N) is 1. The predicted octanol–water partition coefficient (Wildman–Crippen LogP) is 19.3. The van der Waals surface area contributed by atoms with Crippen LogP contribution < -0.4 is 21.3 Å². The molecule has 117 heavy (non-hydrogen) atoms. The minimum Gasteiger partial charge on any atom is -0.480 e. The lowest BCUT2D eigenvalue weighted by molar-refractivity contribution is -0.144. The van der Waals surface area contributed by atoms with E-state index >= 15 is 0 Å². The van der Waals surface area contributed by atoms with Gasteiger partial charge in [0.25, 0.3) is 5.91 Å². The van der Waals surface area contributed by atoms with E-state index in [-0.39, 0.29) is 65.4 Å². The molecule has 2 aromatic rings. The largest absolute Gasteiger partial charge is 0.480 e. The van der Waals surface area contributed by atoms with Gasteiger partial charge in [0.05, 0.1) is 153 Å². The van der Waals surface area contributed by atoms with Crippen LogP contribution in [-0.2, 0) is 77.7 Å². The summed E-state index contributed by atoms with van der Waals surface area (Å²) in [6, 6.07) is 10.3. The van der Waals surface area contributed by atoms with E-state index in [0.717, 1.165) is 58.4 Å². The van der Waals surface area contributed by atoms with E-state index in [4.69, 9.17) is 75.3 Å². The maximum atomic E-state index is 13.7. The maximum absolute atomic E-state index is 13.7. The van der Waals surface area contributed by atoms with Gasteiger partial charge in [0.2, 0.25) is 17.7 Å². The molecule has 1 aliphatic carbocycles. The van der Waals surface area contributed by atoms with Gasteiger partial charge in [-0.1, -0.05) is 286 Å². The normalized spacial score (nSPS) is 13.2. The van der Waals surface area contributed by atoms with Crippen LogP contribution in [0.1, 0.15) is 312 Å². The van der Waals surface area contributed by atoms with Crippen LogP contribution in [0.5, 0.6) is 0 Å². The number of halogens is 2. The smallest absolute Gasteiger partial charge is 0.326 e. The lowest BCUT2D eigenvalue weighted by Gasteiger charge is -2.29. The van der Waals surface area contributed by atoms with Crippen molar-refractivity contribution in [3.05, 3.63) is 63.6 Å². The molecule has 0 spiro atoms. The first-order valence-electron chi connectivity index (χ1n) is 46.4. The fourth-order valence-corrected chi connectivity index (χ4v) is 15.1. The molecule has 0 saturated heterocycles. The number of carboxylic acid groups (broad SMARTS) is 1. The van der Waals surface area contributed by atoms with Crippen molar-refractivity contribution in [3.63, 3.8) is 0 Å². The number of hydrogen-bond acceptors (Lipinski definition) is 17. The molecule has 0 aliphatic heterocycles. The van der Waals surface area contributed by atoms with Gasteiger partial charge in [-0.05, 0) is 81.9 Å². The monoisotopic (exact) mass is 1690 g/mol. The Hall–Kier alpha value is -4.11. The van der Waals surface area contributed by atoms with Gasteiger partial charge in [-0.15, -0.1) is 0 Å². The summed E-state index contributed by atoms with van der Waals surface area (Å²) in [6.45, 7) is 16.6. The highest BCUT2D eigenvalue weighted by Crippen LogP contribution is 2.41. The Morgan fingerprint density at radius 1 is 0.427 bits per heavy atom. The Kier molecular flexibility index (Phi) is 71.3. The average Bonchev–Trinajstić information content (AvgIpc) is 1.78. The number of benzene rings is 2. The number of rotatable bonds is 87. The van der Waals surface area contributed by atoms with E-state index in [9.17, 15) is 29.1 Å². The van der Waals surface area contributed by atoms with E-state index in [1.807, 2.05) is 0 Å². The molecule has 1 fully saturated rings. The summed E-state index contributed by atoms with van der Waals surface area (Å²) in [5, 5.41) is 22.0. The van der Waals surface area contributed by atoms with Gasteiger partial charge in [0.15, 0.2) is 0 Å². The molecule has 5 N–H and O–H groups in total. The van der Waals surface area contributed by atoms with Gasteiger partial charge >= 0.3 is 5.97 Å². The first-order chi connectivity index (χ1) is 57.4. The Labute approximate surface area is 717 Å². The number of nitrogens with one attached hydrogen (secondary N) is 4. The topological polar surface area (TPSA) is 258 Å². The van der Waals surface area contributed by atoms with Crippen LogP contribution in [0.2, 0.25) is 10.0 Å². The fourth-order valence-electron chi connectivity index (χ4n) is 14.6. The molecule has 1 unspecified atom stereocenters. The van der Waals surface area contributed by atoms with Gasteiger partial charge in [0.1, 0.15) is 6.04 Å². The van der Waals surface area contributed by atoms with Gasteiger partial charge in [-0.2, -0.15) is 0 Å². The minimum atomic E-state index is -1.18. The summed E-state index contributed by atoms with van der Waals surface area (Å²) in [5.74, 6) is -2.20. The summed E-state index contributed by atoms with van der Waals surface area (Å²) in [4.78, 5) is 66.4. The molecule has 0 radical (unpaired) electrons. The first-order valence-corrected chi connectivity index (χ1v) is 47.1. The van der Waals surface area contributed by atoms with Crippen LogP contribution >= 0.6 is 23.2 Å². The Morgan fingerprint density at radius 2 is 0.778 bits per heavy atom. The standard InChI is InChI=1S/C93H163Cl2N5O17/c1-4-6-8-10-12-14-16-18-20-22-24-26-28-30-32-34-36-40-58-116-80-83(117-59-41-37-35-33-31-29-27-25-23-21-19-17-15-13-11-9-7-5-2)79-100(3)57-43-55-96-87(101)50-60-107-62-64-109-66-68-111-70-72-113-74-76-115-77-75-114-73-71-112-69-67-110-65-63-108-61-51-88(102)97-56-54-93(52-38-39-53-93)92(106)99-86(91(104)105)78-81-46-48-82(49-47-81)98-90(103)89-84(94)44-42-45-85(89)95/h42,44-49,83,86H,4-41,43,50-80H2,1-3H3,(H,96,101)(H,97,102)(H,98,103)(H,99,106)(H,104,105)/t83?,86-/m0/s1. The number of carbonyl (C=O) groups excluding carboxylic acids is 4. The highest BCUT2D eigenvalue weighted by atomic mass is 35.5. The van der Waals surface area contributed by atoms with E-state index < -0.39 is 23.3 Å². The highest BCUT2D eigenvalue weighted by molar-refractivity contribution is 6.40. The summed E-state index contributed by atoms with van der Waals surface area (Å²) >= 11 is 12.4. The van der Waals surface area contributed by atoms with Crippen molar-refractivity contribution in [1.82, 2.24) is 20.9 Å². The maximum Gasteiger partial charge on any atom is 0.326 e. The molecular formula is C93H163Cl2N5O17. The summed E-state index contributed by atoms with van der Waals surface area (Å²) in [7, 11) is 2.15. The molecule has 676 valence electrons. The Balaban J connectivity index is 1.08. The van der Waals surface area contributed by atoms with Gasteiger partial charge in [-0.25, -0.2) is 4.79 Å². The first kappa shape index (κ1) is 107. The number of carbonyl (C=O) groups is 5. The zero-order chi connectivity index (χ0) is 84.1. The molecule has 24 heteroatoms. The molecule has 1 aliphatic rings. The highest BCUT2D eigenvalue weighted by Gasteiger charge is 2.42. The summed E-state index contributed by atoms with van der Waals surface area (Å²) < 4.78 is 63.2. The van der Waals surface area contributed by atoms with Crippen LogP contribution in [0.25, 0.3) is 0 Å². The molecule has 1 saturated carbocycles. The van der Waals surface area contributed by atoms with Crippen molar-refractivity contribution in [2.75, 3.05) is 177 Å². The third-order valence-corrected chi connectivity index (χ3v) is 22.3. The molecule has 3 rings (SSSR count). The third-order valence-electron chi connectivity index (χ3n) is 21.7. The number of amides is 4. The van der Waals surface area contributed by atoms with E-state index in [0.29, 0.717) is 162 Å². The molecule has 22 nitrogen and oxygen atoms in total. The molecule has 4 amide bonds. The molecule has 0 heterocycles. The Morgan fingerprint density at radius 3 is 1.15 bits per heavy atom. The molecule has 0 aromatic heterocycles. The second kappa shape index (κ2) is 77.9. The zero-order valence-electron chi connectivity index (χ0n) is 73.4. The van der Waals surface area contributed by atoms with Crippen molar-refractivity contribution in [2.45, 2.75) is 315 Å². The lowest BCUT2D eigenvalue weighted by atomic mass is 9.81. The second-order valence-corrected chi connectivity index (χ2v) is 32.8. The van der Waals surface area contributed by atoms with Crippen molar-refractivity contribution in [3.8, 4) is 0 Å². The van der Waals surface area contributed by atoms with Crippen LogP contribution in [0.15, 0.2) is 42.5 Å². The number of anilines is 1. The molecule has 0 bridgehead atoms. The lowest BCUT2D eigenvalue weighted by Crippen LogP contribution is -2.49. The van der Waals surface area contributed by atoms with E-state index in [2.05, 4.69) is 47.1 Å². The van der Waals surface area contributed by atoms with Crippen molar-refractivity contribution < 1.29 is 81.2 Å². The van der Waals surface area contributed by atoms with Crippen LogP contribution in [-0.4, -0.2) is 224 Å². The van der Waals surface area contributed by atoms with Crippen LogP contribution in [0.3, 0.4) is 0 Å². The van der Waals surface area contributed by atoms with Crippen molar-refractivity contribution in [2.24, 2.45) is 5.41 Å². The van der Waals surface area contributed by atoms with Gasteiger partial charge in [0, 0.05) is 57.8 Å². The van der Waals surface area contributed by atoms with Crippen molar-refractivity contribution >= 4 is 58.5 Å². The third kappa shape index (κ3) is 61.8. The van der Waals surface area contributed by atoms with Gasteiger partial charge < -0.3 is 83.4 Å². The van der Waals surface area contributed by atoms with E-state index in [1.165, 1.54) is 218 Å². The molecule has 2 aromatic carbocycles. The fraction of sp³-hybridized carbons (Fsp3) is 0.817. The molecular weight excluding hydrogens is 1530 g/mol. The summed E-state index contributed by atoms with van der Waals surface area (Å²) in [6.07, 6.45) is 54.1. The number of carboxylic acids is 1. The number of ether oxygens (including phenoxy) is 11. The minimum absolute atomic E-state index is 0.00486. The van der Waals surface area contributed by atoms with Gasteiger partial charge in [-0.3, -0.25) is 19.2 Å². The van der Waals surface area contributed by atoms with Crippen LogP contribution in [0.4, 0.5) is 5.69 Å². The SMILES string of the molecule is CCCCCCCCCCCCCCCCCCCCOCC(CN(C)CCCNC(=O)CCOCCOCCOCCOCCOCCOCCOCCOCCOCCC(=O)NCCC1(C(=O)N[C@@H](Cc2ccc(NC(=O)c3c(Cl)cccc3Cl)cc2)C(=O)O)CCCC1)OCCCCCCCCCCCCCCCCCCCC. The molecule has 2 atom stereocenters. The average molecular weight is 1690 g/mol. The number of unbranched alkanes of at least 4 members (excludes halogenated alkanes) is 34. The quantitative estimate of drug-likeness (QED) is 0.0386. The Bertz CT molecular complexity index is 2650. The predicted molar refractivity (Wildman–Crippen MR) is 473 cm³/mol. The van der Waals surface area contributed by atoms with E-state index in [1.54, 1.807) is 42.5 Å². The zero-order valence-corrected chi connectivity index (χ0v) is 74.9. The number of likely N-dealkylation sites (N-methyl/N-ethyl adjacent to an activating group) is 1. The second-order valence-electron chi connectivity index (χ2n) is 32.0. The van der Waals surface area contributed by atoms with Crippen molar-refractivity contribution in [1.29, 1.82) is 0 Å². The number of hydrogen-bond donors (Lipinski definition) is 5. The summed E-state index contributed by atoms with van der Waals surface area (Å²) in [5.41, 5.74) is 0.468. The van der Waals surface area contributed by atoms with Crippen LogP contribution in [0, 0.1) is 5.41 Å².